The Morgan fingerprint density at radius 1 is 1.09 bits per heavy atom. The molecule has 3 heterocycles. The van der Waals surface area contributed by atoms with Gasteiger partial charge in [-0.3, -0.25) is 4.79 Å². The van der Waals surface area contributed by atoms with Crippen molar-refractivity contribution in [2.75, 3.05) is 49.8 Å². The van der Waals surface area contributed by atoms with Crippen molar-refractivity contribution in [3.63, 3.8) is 0 Å². The molecule has 5 rings (SSSR count). The molecule has 1 aliphatic rings. The molecule has 224 valence electrons. The van der Waals surface area contributed by atoms with E-state index in [4.69, 9.17) is 4.74 Å². The van der Waals surface area contributed by atoms with Crippen LogP contribution in [0, 0.1) is 5.82 Å². The molecule has 4 aromatic rings. The largest absolute Gasteiger partial charge is 0.438 e. The van der Waals surface area contributed by atoms with Gasteiger partial charge in [-0.2, -0.15) is 13.2 Å². The molecule has 1 amide bonds. The standard InChI is InChI=1S/C30H29F4N7O2/c1-35-29-37-13-10-24(39-29)21-5-4-12-36-28(21)43-20-7-8-23(31)22(16-20)27(42)38-25-15-18(30(32,33)34)6-9-26(25)41(3)19-11-14-40(2)17-19/h4-10,12-13,15-16,19H,11,14,17H2,1-3H3,(H,38,42)(H,35,37,39)/t19-/m1/s1. The van der Waals surface area contributed by atoms with Crippen molar-refractivity contribution in [2.24, 2.45) is 0 Å². The van der Waals surface area contributed by atoms with Gasteiger partial charge in [0.05, 0.1) is 33.8 Å². The van der Waals surface area contributed by atoms with Crippen LogP contribution in [0.4, 0.5) is 34.9 Å². The summed E-state index contributed by atoms with van der Waals surface area (Å²) in [6, 6.07) is 11.8. The Balaban J connectivity index is 1.44. The molecule has 0 radical (unpaired) electrons. The van der Waals surface area contributed by atoms with E-state index >= 15 is 0 Å². The number of nitrogens with one attached hydrogen (secondary N) is 2. The lowest BCUT2D eigenvalue weighted by atomic mass is 10.1. The van der Waals surface area contributed by atoms with Crippen LogP contribution < -0.4 is 20.3 Å². The Morgan fingerprint density at radius 3 is 2.63 bits per heavy atom. The molecule has 43 heavy (non-hydrogen) atoms. The number of alkyl halides is 3. The molecule has 0 bridgehead atoms. The van der Waals surface area contributed by atoms with Gasteiger partial charge in [-0.1, -0.05) is 0 Å². The van der Waals surface area contributed by atoms with Crippen LogP contribution in [0.5, 0.6) is 11.6 Å². The number of hydrogen-bond donors (Lipinski definition) is 2. The van der Waals surface area contributed by atoms with Gasteiger partial charge in [0.1, 0.15) is 11.6 Å². The molecule has 0 saturated carbocycles. The van der Waals surface area contributed by atoms with Crippen LogP contribution in [-0.4, -0.2) is 66.0 Å². The van der Waals surface area contributed by atoms with E-state index in [9.17, 15) is 22.4 Å². The number of nitrogens with zero attached hydrogens (tertiary/aromatic N) is 5. The SMILES string of the molecule is CNc1nccc(-c2cccnc2Oc2ccc(F)c(C(=O)Nc3cc(C(F)(F)F)ccc3N(C)[C@@H]3CCN(C)C3)c2)n1. The molecular weight excluding hydrogens is 566 g/mol. The summed E-state index contributed by atoms with van der Waals surface area (Å²) in [6.07, 6.45) is -0.767. The Morgan fingerprint density at radius 2 is 1.91 bits per heavy atom. The number of carbonyl (C=O) groups is 1. The van der Waals surface area contributed by atoms with Crippen molar-refractivity contribution < 1.29 is 27.1 Å². The van der Waals surface area contributed by atoms with E-state index in [1.807, 2.05) is 11.9 Å². The Hall–Kier alpha value is -4.78. The highest BCUT2D eigenvalue weighted by molar-refractivity contribution is 6.06. The molecule has 0 aliphatic carbocycles. The number of pyridine rings is 1. The number of likely N-dealkylation sites (N-methyl/N-ethyl adjacent to an activating group) is 2. The van der Waals surface area contributed by atoms with E-state index in [-0.39, 0.29) is 23.4 Å². The Labute approximate surface area is 245 Å². The number of ether oxygens (including phenoxy) is 1. The fourth-order valence-corrected chi connectivity index (χ4v) is 4.88. The second-order valence-electron chi connectivity index (χ2n) is 10.1. The summed E-state index contributed by atoms with van der Waals surface area (Å²) in [5.74, 6) is -1.20. The number of aromatic nitrogens is 3. The highest BCUT2D eigenvalue weighted by Gasteiger charge is 2.33. The Kier molecular flexibility index (Phi) is 8.44. The maximum Gasteiger partial charge on any atom is 0.416 e. The number of rotatable bonds is 8. The number of benzene rings is 2. The molecular formula is C30H29F4N7O2. The second kappa shape index (κ2) is 12.2. The van der Waals surface area contributed by atoms with Gasteiger partial charge in [-0.15, -0.1) is 0 Å². The zero-order valence-electron chi connectivity index (χ0n) is 23.6. The molecule has 2 aromatic carbocycles. The molecule has 1 atom stereocenters. The lowest BCUT2D eigenvalue weighted by Crippen LogP contribution is -2.34. The smallest absolute Gasteiger partial charge is 0.416 e. The summed E-state index contributed by atoms with van der Waals surface area (Å²) in [7, 11) is 5.40. The fraction of sp³-hybridized carbons (Fsp3) is 0.267. The number of amides is 1. The summed E-state index contributed by atoms with van der Waals surface area (Å²) < 4.78 is 61.7. The van der Waals surface area contributed by atoms with Gasteiger partial charge in [0.2, 0.25) is 11.8 Å². The number of anilines is 3. The second-order valence-corrected chi connectivity index (χ2v) is 10.1. The van der Waals surface area contributed by atoms with Gasteiger partial charge < -0.3 is 25.2 Å². The average molecular weight is 596 g/mol. The summed E-state index contributed by atoms with van der Waals surface area (Å²) >= 11 is 0. The highest BCUT2D eigenvalue weighted by atomic mass is 19.4. The van der Waals surface area contributed by atoms with Crippen LogP contribution in [0.15, 0.2) is 67.0 Å². The molecule has 13 heteroatoms. The first kappa shape index (κ1) is 29.7. The van der Waals surface area contributed by atoms with Gasteiger partial charge in [-0.05, 0) is 74.6 Å². The summed E-state index contributed by atoms with van der Waals surface area (Å²) in [4.78, 5) is 30.1. The lowest BCUT2D eigenvalue weighted by Gasteiger charge is -2.29. The van der Waals surface area contributed by atoms with Crippen molar-refractivity contribution in [3.8, 4) is 22.9 Å². The first-order chi connectivity index (χ1) is 20.5. The normalized spacial score (nSPS) is 15.3. The zero-order chi connectivity index (χ0) is 30.7. The topological polar surface area (TPSA) is 95.5 Å². The van der Waals surface area contributed by atoms with Crippen LogP contribution in [0.25, 0.3) is 11.3 Å². The van der Waals surface area contributed by atoms with Crippen LogP contribution >= 0.6 is 0 Å². The molecule has 1 aliphatic heterocycles. The van der Waals surface area contributed by atoms with E-state index in [0.717, 1.165) is 31.2 Å². The number of carbonyl (C=O) groups excluding carboxylic acids is 1. The molecule has 0 unspecified atom stereocenters. The quantitative estimate of drug-likeness (QED) is 0.243. The summed E-state index contributed by atoms with van der Waals surface area (Å²) in [5.41, 5.74) is -0.0174. The summed E-state index contributed by atoms with van der Waals surface area (Å²) in [6.45, 7) is 1.54. The van der Waals surface area contributed by atoms with Crippen LogP contribution in [0.2, 0.25) is 0 Å². The zero-order valence-corrected chi connectivity index (χ0v) is 23.6. The molecule has 1 fully saturated rings. The molecule has 1 saturated heterocycles. The summed E-state index contributed by atoms with van der Waals surface area (Å²) in [5, 5.41) is 5.36. The van der Waals surface area contributed by atoms with Gasteiger partial charge >= 0.3 is 6.18 Å². The van der Waals surface area contributed by atoms with Gasteiger partial charge in [0.25, 0.3) is 5.91 Å². The molecule has 2 aromatic heterocycles. The minimum absolute atomic E-state index is 0.0255. The van der Waals surface area contributed by atoms with Crippen LogP contribution in [-0.2, 0) is 6.18 Å². The maximum atomic E-state index is 15.0. The van der Waals surface area contributed by atoms with Crippen molar-refractivity contribution in [2.45, 2.75) is 18.6 Å². The third-order valence-electron chi connectivity index (χ3n) is 7.19. The predicted molar refractivity (Wildman–Crippen MR) is 155 cm³/mol. The molecule has 2 N–H and O–H groups in total. The van der Waals surface area contributed by atoms with E-state index in [0.29, 0.717) is 29.4 Å². The third kappa shape index (κ3) is 6.67. The minimum Gasteiger partial charge on any atom is -0.438 e. The van der Waals surface area contributed by atoms with Crippen molar-refractivity contribution in [3.05, 3.63) is 83.9 Å². The van der Waals surface area contributed by atoms with Gasteiger partial charge in [0.15, 0.2) is 0 Å². The number of hydrogen-bond acceptors (Lipinski definition) is 8. The van der Waals surface area contributed by atoms with Gasteiger partial charge in [0, 0.05) is 39.1 Å². The van der Waals surface area contributed by atoms with E-state index in [1.165, 1.54) is 24.4 Å². The van der Waals surface area contributed by atoms with Crippen LogP contribution in [0.3, 0.4) is 0 Å². The van der Waals surface area contributed by atoms with E-state index < -0.39 is 29.0 Å². The first-order valence-corrected chi connectivity index (χ1v) is 13.4. The van der Waals surface area contributed by atoms with E-state index in [2.05, 4.69) is 30.5 Å². The van der Waals surface area contributed by atoms with Gasteiger partial charge in [-0.25, -0.2) is 19.3 Å². The molecule has 0 spiro atoms. The van der Waals surface area contributed by atoms with Crippen molar-refractivity contribution >= 4 is 23.2 Å². The third-order valence-corrected chi connectivity index (χ3v) is 7.19. The Bertz CT molecular complexity index is 1630. The predicted octanol–water partition coefficient (Wildman–Crippen LogP) is 5.92. The monoisotopic (exact) mass is 595 g/mol. The number of halogens is 4. The maximum absolute atomic E-state index is 15.0. The molecule has 9 nitrogen and oxygen atoms in total. The highest BCUT2D eigenvalue weighted by Crippen LogP contribution is 2.37. The van der Waals surface area contributed by atoms with Crippen LogP contribution in [0.1, 0.15) is 22.3 Å². The fourth-order valence-electron chi connectivity index (χ4n) is 4.88. The lowest BCUT2D eigenvalue weighted by molar-refractivity contribution is -0.137. The van der Waals surface area contributed by atoms with E-state index in [1.54, 1.807) is 38.5 Å². The minimum atomic E-state index is -4.64. The number of likely N-dealkylation sites (tertiary alicyclic amines) is 1. The van der Waals surface area contributed by atoms with Crippen molar-refractivity contribution in [1.29, 1.82) is 0 Å². The van der Waals surface area contributed by atoms with Crippen molar-refractivity contribution in [1.82, 2.24) is 19.9 Å². The average Bonchev–Trinajstić information content (AvgIpc) is 3.43. The first-order valence-electron chi connectivity index (χ1n) is 13.4.